The smallest absolute Gasteiger partial charge is 0.224 e. The summed E-state index contributed by atoms with van der Waals surface area (Å²) in [6, 6.07) is 9.35. The lowest BCUT2D eigenvalue weighted by atomic mass is 10.2. The molecule has 0 bridgehead atoms. The van der Waals surface area contributed by atoms with Crippen LogP contribution in [0.3, 0.4) is 0 Å². The molecule has 2 heterocycles. The van der Waals surface area contributed by atoms with Crippen molar-refractivity contribution in [3.8, 4) is 6.07 Å². The Kier molecular flexibility index (Phi) is 1.82. The molecule has 0 aliphatic rings. The van der Waals surface area contributed by atoms with Crippen molar-refractivity contribution in [2.75, 3.05) is 0 Å². The Morgan fingerprint density at radius 2 is 2.06 bits per heavy atom. The van der Waals surface area contributed by atoms with Gasteiger partial charge in [0.15, 0.2) is 11.3 Å². The molecule has 0 aliphatic heterocycles. The molecule has 3 aromatic rings. The minimum Gasteiger partial charge on any atom is -0.451 e. The maximum atomic E-state index is 8.93. The van der Waals surface area contributed by atoms with E-state index in [0.29, 0.717) is 16.7 Å². The van der Waals surface area contributed by atoms with Crippen molar-refractivity contribution >= 4 is 33.7 Å². The van der Waals surface area contributed by atoms with E-state index < -0.39 is 0 Å². The van der Waals surface area contributed by atoms with E-state index in [9.17, 15) is 0 Å². The number of benzene rings is 1. The predicted molar refractivity (Wildman–Crippen MR) is 59.0 cm³/mol. The predicted octanol–water partition coefficient (Wildman–Crippen LogP) is 2.90. The fraction of sp³-hybridized carbons (Fsp3) is 0. The molecule has 0 N–H and O–H groups in total. The number of para-hydroxylation sites is 1. The van der Waals surface area contributed by atoms with Gasteiger partial charge < -0.3 is 4.42 Å². The Bertz CT molecular complexity index is 742. The van der Waals surface area contributed by atoms with E-state index in [4.69, 9.17) is 21.3 Å². The number of aromatic nitrogens is 2. The summed E-state index contributed by atoms with van der Waals surface area (Å²) in [4.78, 5) is 7.90. The molecule has 0 saturated heterocycles. The number of furan rings is 1. The summed E-state index contributed by atoms with van der Waals surface area (Å²) in [5, 5.41) is 9.81. The molecule has 2 aromatic heterocycles. The summed E-state index contributed by atoms with van der Waals surface area (Å²) >= 11 is 5.74. The van der Waals surface area contributed by atoms with E-state index in [-0.39, 0.29) is 11.0 Å². The van der Waals surface area contributed by atoms with Gasteiger partial charge in [0, 0.05) is 5.39 Å². The van der Waals surface area contributed by atoms with E-state index in [1.54, 1.807) is 0 Å². The van der Waals surface area contributed by atoms with Crippen LogP contribution in [0.25, 0.3) is 22.1 Å². The quantitative estimate of drug-likeness (QED) is 0.556. The molecule has 1 aromatic carbocycles. The monoisotopic (exact) mass is 229 g/mol. The highest BCUT2D eigenvalue weighted by molar-refractivity contribution is 6.28. The second-order valence-electron chi connectivity index (χ2n) is 3.23. The van der Waals surface area contributed by atoms with Gasteiger partial charge in [-0.25, -0.2) is 9.97 Å². The molecule has 4 nitrogen and oxygen atoms in total. The first-order valence-electron chi connectivity index (χ1n) is 4.54. The van der Waals surface area contributed by atoms with Gasteiger partial charge in [0.2, 0.25) is 5.28 Å². The molecule has 0 atom stereocenters. The molecule has 16 heavy (non-hydrogen) atoms. The van der Waals surface area contributed by atoms with Crippen LogP contribution < -0.4 is 0 Å². The van der Waals surface area contributed by atoms with Gasteiger partial charge in [-0.2, -0.15) is 5.26 Å². The highest BCUT2D eigenvalue weighted by Gasteiger charge is 2.14. The fourth-order valence-electron chi connectivity index (χ4n) is 1.64. The van der Waals surface area contributed by atoms with E-state index in [0.717, 1.165) is 5.39 Å². The molecular formula is C11H4ClN3O. The number of rotatable bonds is 0. The molecule has 0 radical (unpaired) electrons. The Hall–Kier alpha value is -2.12. The van der Waals surface area contributed by atoms with Gasteiger partial charge in [0.05, 0.1) is 0 Å². The van der Waals surface area contributed by atoms with Gasteiger partial charge in [-0.05, 0) is 23.7 Å². The number of halogens is 1. The van der Waals surface area contributed by atoms with Crippen LogP contribution in [-0.4, -0.2) is 9.97 Å². The molecule has 76 valence electrons. The standard InChI is InChI=1S/C11H4ClN3O/c12-11-14-7(5-13)10-9(15-11)6-3-1-2-4-8(6)16-10/h1-4H. The number of hydrogen-bond acceptors (Lipinski definition) is 4. The molecular weight excluding hydrogens is 226 g/mol. The van der Waals surface area contributed by atoms with Crippen LogP contribution in [0.2, 0.25) is 5.28 Å². The topological polar surface area (TPSA) is 62.7 Å². The number of nitrogens with zero attached hydrogens (tertiary/aromatic N) is 3. The Balaban J connectivity index is 2.60. The van der Waals surface area contributed by atoms with Crippen LogP contribution in [0.4, 0.5) is 0 Å². The van der Waals surface area contributed by atoms with Crippen LogP contribution in [0.5, 0.6) is 0 Å². The summed E-state index contributed by atoms with van der Waals surface area (Å²) in [5.41, 5.74) is 1.79. The lowest BCUT2D eigenvalue weighted by Gasteiger charge is -1.91. The molecule has 0 unspecified atom stereocenters. The van der Waals surface area contributed by atoms with E-state index in [1.165, 1.54) is 0 Å². The summed E-state index contributed by atoms with van der Waals surface area (Å²) in [6.45, 7) is 0. The number of fused-ring (bicyclic) bond motifs is 3. The first kappa shape index (κ1) is 9.13. The van der Waals surface area contributed by atoms with Gasteiger partial charge >= 0.3 is 0 Å². The molecule has 0 saturated carbocycles. The van der Waals surface area contributed by atoms with Gasteiger partial charge in [0.25, 0.3) is 0 Å². The van der Waals surface area contributed by atoms with Crippen LogP contribution in [0.15, 0.2) is 28.7 Å². The SMILES string of the molecule is N#Cc1nc(Cl)nc2c1oc1ccccc12. The lowest BCUT2D eigenvalue weighted by Crippen LogP contribution is -1.87. The zero-order valence-electron chi connectivity index (χ0n) is 7.94. The Labute approximate surface area is 95.1 Å². The normalized spacial score (nSPS) is 10.8. The minimum atomic E-state index is 0.0515. The third-order valence-corrected chi connectivity index (χ3v) is 2.47. The zero-order valence-corrected chi connectivity index (χ0v) is 8.69. The van der Waals surface area contributed by atoms with Crippen LogP contribution in [0, 0.1) is 11.3 Å². The van der Waals surface area contributed by atoms with E-state index in [2.05, 4.69) is 9.97 Å². The minimum absolute atomic E-state index is 0.0515. The summed E-state index contributed by atoms with van der Waals surface area (Å²) in [7, 11) is 0. The van der Waals surface area contributed by atoms with Crippen molar-refractivity contribution in [2.45, 2.75) is 0 Å². The zero-order chi connectivity index (χ0) is 11.1. The largest absolute Gasteiger partial charge is 0.451 e. The molecule has 0 amide bonds. The van der Waals surface area contributed by atoms with Crippen molar-refractivity contribution in [3.63, 3.8) is 0 Å². The second kappa shape index (κ2) is 3.19. The number of hydrogen-bond donors (Lipinski definition) is 0. The fourth-order valence-corrected chi connectivity index (χ4v) is 1.81. The summed E-state index contributed by atoms with van der Waals surface area (Å²) in [5.74, 6) is 0. The third-order valence-electron chi connectivity index (χ3n) is 2.30. The maximum Gasteiger partial charge on any atom is 0.224 e. The molecule has 5 heteroatoms. The average Bonchev–Trinajstić information content (AvgIpc) is 2.67. The first-order chi connectivity index (χ1) is 7.79. The van der Waals surface area contributed by atoms with Crippen molar-refractivity contribution in [1.29, 1.82) is 5.26 Å². The molecule has 3 rings (SSSR count). The van der Waals surface area contributed by atoms with Gasteiger partial charge in [0.1, 0.15) is 17.2 Å². The Morgan fingerprint density at radius 3 is 2.88 bits per heavy atom. The summed E-state index contributed by atoms with van der Waals surface area (Å²) in [6.07, 6.45) is 0. The summed E-state index contributed by atoms with van der Waals surface area (Å²) < 4.78 is 5.52. The van der Waals surface area contributed by atoms with Crippen molar-refractivity contribution in [2.24, 2.45) is 0 Å². The second-order valence-corrected chi connectivity index (χ2v) is 3.57. The Morgan fingerprint density at radius 1 is 1.25 bits per heavy atom. The third kappa shape index (κ3) is 1.16. The molecule has 0 fully saturated rings. The maximum absolute atomic E-state index is 8.93. The van der Waals surface area contributed by atoms with Crippen molar-refractivity contribution in [3.05, 3.63) is 35.2 Å². The highest BCUT2D eigenvalue weighted by Crippen LogP contribution is 2.29. The van der Waals surface area contributed by atoms with Gasteiger partial charge in [-0.15, -0.1) is 0 Å². The van der Waals surface area contributed by atoms with Gasteiger partial charge in [-0.1, -0.05) is 12.1 Å². The number of nitriles is 1. The van der Waals surface area contributed by atoms with Crippen molar-refractivity contribution < 1.29 is 4.42 Å². The van der Waals surface area contributed by atoms with E-state index in [1.807, 2.05) is 30.3 Å². The van der Waals surface area contributed by atoms with Crippen molar-refractivity contribution in [1.82, 2.24) is 9.97 Å². The average molecular weight is 230 g/mol. The van der Waals surface area contributed by atoms with Crippen LogP contribution in [-0.2, 0) is 0 Å². The van der Waals surface area contributed by atoms with Crippen LogP contribution >= 0.6 is 11.6 Å². The first-order valence-corrected chi connectivity index (χ1v) is 4.92. The highest BCUT2D eigenvalue weighted by atomic mass is 35.5. The van der Waals surface area contributed by atoms with E-state index >= 15 is 0 Å². The van der Waals surface area contributed by atoms with Gasteiger partial charge in [-0.3, -0.25) is 0 Å². The molecule has 0 aliphatic carbocycles. The van der Waals surface area contributed by atoms with Crippen LogP contribution in [0.1, 0.15) is 5.69 Å². The molecule has 0 spiro atoms. The lowest BCUT2D eigenvalue weighted by molar-refractivity contribution is 0.664.